The normalized spacial score (nSPS) is 10.5. The van der Waals surface area contributed by atoms with Gasteiger partial charge in [-0.3, -0.25) is 4.68 Å². The summed E-state index contributed by atoms with van der Waals surface area (Å²) < 4.78 is 7.49. The topological polar surface area (TPSA) is 39.1 Å². The molecular weight excluding hydrogens is 190 g/mol. The van der Waals surface area contributed by atoms with Crippen molar-refractivity contribution in [2.24, 2.45) is 0 Å². The molecule has 0 saturated carbocycles. The van der Waals surface area contributed by atoms with Gasteiger partial charge in [-0.2, -0.15) is 5.10 Å². The van der Waals surface area contributed by atoms with E-state index in [1.807, 2.05) is 17.9 Å². The van der Waals surface area contributed by atoms with E-state index in [4.69, 9.17) is 4.74 Å². The van der Waals surface area contributed by atoms with Crippen LogP contribution in [-0.4, -0.2) is 30.0 Å². The molecule has 0 amide bonds. The van der Waals surface area contributed by atoms with Gasteiger partial charge in [-0.15, -0.1) is 0 Å². The van der Waals surface area contributed by atoms with Crippen LogP contribution in [0.25, 0.3) is 0 Å². The van der Waals surface area contributed by atoms with Gasteiger partial charge < -0.3 is 10.1 Å². The Morgan fingerprint density at radius 3 is 3.07 bits per heavy atom. The van der Waals surface area contributed by atoms with Crippen LogP contribution in [0.1, 0.15) is 26.2 Å². The van der Waals surface area contributed by atoms with E-state index in [1.165, 1.54) is 0 Å². The average Bonchev–Trinajstić information content (AvgIpc) is 2.66. The molecule has 1 aromatic rings. The zero-order valence-corrected chi connectivity index (χ0v) is 9.70. The molecule has 4 nitrogen and oxygen atoms in total. The van der Waals surface area contributed by atoms with Gasteiger partial charge in [0, 0.05) is 6.54 Å². The van der Waals surface area contributed by atoms with Gasteiger partial charge in [0.15, 0.2) is 5.75 Å². The number of hydrogen-bond acceptors (Lipinski definition) is 3. The van der Waals surface area contributed by atoms with Crippen LogP contribution in [0.2, 0.25) is 0 Å². The maximum atomic E-state index is 5.57. The lowest BCUT2D eigenvalue weighted by Crippen LogP contribution is -2.09. The van der Waals surface area contributed by atoms with Gasteiger partial charge in [0.05, 0.1) is 19.0 Å². The number of rotatable bonds is 8. The Morgan fingerprint density at radius 2 is 2.33 bits per heavy atom. The van der Waals surface area contributed by atoms with Gasteiger partial charge in [0.2, 0.25) is 0 Å². The molecule has 0 unspecified atom stereocenters. The van der Waals surface area contributed by atoms with Crippen LogP contribution in [-0.2, 0) is 6.54 Å². The highest BCUT2D eigenvalue weighted by Crippen LogP contribution is 2.08. The molecule has 86 valence electrons. The molecule has 15 heavy (non-hydrogen) atoms. The van der Waals surface area contributed by atoms with E-state index in [0.717, 1.165) is 44.7 Å². The molecule has 0 aliphatic carbocycles. The van der Waals surface area contributed by atoms with Crippen LogP contribution >= 0.6 is 0 Å². The van der Waals surface area contributed by atoms with Crippen LogP contribution in [0.4, 0.5) is 0 Å². The Hall–Kier alpha value is -1.03. The van der Waals surface area contributed by atoms with Crippen molar-refractivity contribution in [1.29, 1.82) is 0 Å². The Balaban J connectivity index is 2.14. The Kier molecular flexibility index (Phi) is 5.85. The number of hydrogen-bond donors (Lipinski definition) is 1. The molecule has 1 rings (SSSR count). The van der Waals surface area contributed by atoms with Crippen molar-refractivity contribution >= 4 is 0 Å². The second kappa shape index (κ2) is 7.29. The predicted octanol–water partition coefficient (Wildman–Crippen LogP) is 1.67. The molecule has 0 bridgehead atoms. The van der Waals surface area contributed by atoms with E-state index in [2.05, 4.69) is 17.3 Å². The average molecular weight is 211 g/mol. The number of nitrogens with one attached hydrogen (secondary N) is 1. The van der Waals surface area contributed by atoms with E-state index in [1.54, 1.807) is 6.20 Å². The molecule has 1 N–H and O–H groups in total. The first-order chi connectivity index (χ1) is 7.36. The monoisotopic (exact) mass is 211 g/mol. The van der Waals surface area contributed by atoms with Gasteiger partial charge >= 0.3 is 0 Å². The Morgan fingerprint density at radius 1 is 1.47 bits per heavy atom. The lowest BCUT2D eigenvalue weighted by atomic mass is 10.3. The highest BCUT2D eigenvalue weighted by atomic mass is 16.5. The minimum atomic E-state index is 0.777. The minimum Gasteiger partial charge on any atom is -0.490 e. The van der Waals surface area contributed by atoms with Crippen molar-refractivity contribution < 1.29 is 4.74 Å². The van der Waals surface area contributed by atoms with E-state index in [9.17, 15) is 0 Å². The molecule has 0 atom stereocenters. The maximum Gasteiger partial charge on any atom is 0.157 e. The second-order valence-electron chi connectivity index (χ2n) is 3.60. The summed E-state index contributed by atoms with van der Waals surface area (Å²) in [5, 5.41) is 7.32. The van der Waals surface area contributed by atoms with Gasteiger partial charge in [-0.05, 0) is 32.9 Å². The van der Waals surface area contributed by atoms with Crippen molar-refractivity contribution in [3.05, 3.63) is 12.4 Å². The lowest BCUT2D eigenvalue weighted by Gasteiger charge is -2.02. The van der Waals surface area contributed by atoms with Crippen molar-refractivity contribution in [3.63, 3.8) is 0 Å². The van der Waals surface area contributed by atoms with E-state index < -0.39 is 0 Å². The molecule has 0 aliphatic rings. The number of nitrogens with zero attached hydrogens (tertiary/aromatic N) is 2. The molecule has 1 aromatic heterocycles. The number of unbranched alkanes of at least 4 members (excludes halogenated alkanes) is 1. The summed E-state index contributed by atoms with van der Waals surface area (Å²) >= 11 is 0. The first-order valence-electron chi connectivity index (χ1n) is 5.66. The molecule has 1 heterocycles. The fourth-order valence-electron chi connectivity index (χ4n) is 1.36. The Bertz CT molecular complexity index is 260. The quantitative estimate of drug-likeness (QED) is 0.665. The predicted molar refractivity (Wildman–Crippen MR) is 61.2 cm³/mol. The zero-order valence-electron chi connectivity index (χ0n) is 9.70. The summed E-state index contributed by atoms with van der Waals surface area (Å²) in [4.78, 5) is 0. The van der Waals surface area contributed by atoms with Crippen LogP contribution in [0.5, 0.6) is 5.75 Å². The molecular formula is C11H21N3O. The first kappa shape index (κ1) is 12.0. The van der Waals surface area contributed by atoms with Gasteiger partial charge in [-0.25, -0.2) is 0 Å². The summed E-state index contributed by atoms with van der Waals surface area (Å²) in [6.07, 6.45) is 7.08. The summed E-state index contributed by atoms with van der Waals surface area (Å²) in [6.45, 7) is 4.93. The van der Waals surface area contributed by atoms with Crippen molar-refractivity contribution in [1.82, 2.24) is 15.1 Å². The summed E-state index contributed by atoms with van der Waals surface area (Å²) in [7, 11) is 1.97. The highest BCUT2D eigenvalue weighted by Gasteiger charge is 1.97. The third-order valence-corrected chi connectivity index (χ3v) is 2.15. The third-order valence-electron chi connectivity index (χ3n) is 2.15. The van der Waals surface area contributed by atoms with E-state index in [-0.39, 0.29) is 0 Å². The van der Waals surface area contributed by atoms with Crippen molar-refractivity contribution in [2.75, 3.05) is 20.2 Å². The first-order valence-corrected chi connectivity index (χ1v) is 5.66. The number of aromatic nitrogens is 2. The number of ether oxygens (including phenoxy) is 1. The smallest absolute Gasteiger partial charge is 0.157 e. The lowest BCUT2D eigenvalue weighted by molar-refractivity contribution is 0.306. The number of aryl methyl sites for hydroxylation is 1. The fourth-order valence-corrected chi connectivity index (χ4v) is 1.36. The molecule has 0 radical (unpaired) electrons. The summed E-state index contributed by atoms with van der Waals surface area (Å²) in [6, 6.07) is 0. The fraction of sp³-hybridized carbons (Fsp3) is 0.727. The van der Waals surface area contributed by atoms with Crippen LogP contribution < -0.4 is 10.1 Å². The highest BCUT2D eigenvalue weighted by molar-refractivity contribution is 5.11. The van der Waals surface area contributed by atoms with Gasteiger partial charge in [0.1, 0.15) is 0 Å². The standard InChI is InChI=1S/C11H21N3O/c1-3-7-14-10-11(9-13-14)15-8-5-4-6-12-2/h9-10,12H,3-8H2,1-2H3. The molecule has 0 aliphatic heterocycles. The van der Waals surface area contributed by atoms with Crippen LogP contribution in [0.15, 0.2) is 12.4 Å². The van der Waals surface area contributed by atoms with Crippen molar-refractivity contribution in [2.45, 2.75) is 32.7 Å². The largest absolute Gasteiger partial charge is 0.490 e. The molecule has 4 heteroatoms. The molecule has 0 spiro atoms. The SMILES string of the molecule is CCCn1cc(OCCCCNC)cn1. The minimum absolute atomic E-state index is 0.777. The summed E-state index contributed by atoms with van der Waals surface area (Å²) in [5.41, 5.74) is 0. The maximum absolute atomic E-state index is 5.57. The zero-order chi connectivity index (χ0) is 10.9. The Labute approximate surface area is 91.6 Å². The summed E-state index contributed by atoms with van der Waals surface area (Å²) in [5.74, 6) is 0.882. The second-order valence-corrected chi connectivity index (χ2v) is 3.60. The molecule has 0 fully saturated rings. The van der Waals surface area contributed by atoms with Crippen molar-refractivity contribution in [3.8, 4) is 5.75 Å². The van der Waals surface area contributed by atoms with Crippen LogP contribution in [0.3, 0.4) is 0 Å². The molecule has 0 aromatic carbocycles. The third kappa shape index (κ3) is 4.83. The van der Waals surface area contributed by atoms with E-state index in [0.29, 0.717) is 0 Å². The van der Waals surface area contributed by atoms with E-state index >= 15 is 0 Å². The van der Waals surface area contributed by atoms with Crippen LogP contribution in [0, 0.1) is 0 Å². The molecule has 0 saturated heterocycles. The van der Waals surface area contributed by atoms with Gasteiger partial charge in [0.25, 0.3) is 0 Å². The van der Waals surface area contributed by atoms with Gasteiger partial charge in [-0.1, -0.05) is 6.92 Å².